The molecule has 21 heavy (non-hydrogen) atoms. The van der Waals surface area contributed by atoms with Gasteiger partial charge in [-0.1, -0.05) is 30.3 Å². The van der Waals surface area contributed by atoms with E-state index in [1.165, 1.54) is 0 Å². The Hall–Kier alpha value is -1.59. The Morgan fingerprint density at radius 1 is 1.43 bits per heavy atom. The van der Waals surface area contributed by atoms with Crippen molar-refractivity contribution in [3.8, 4) is 0 Å². The second-order valence-corrected chi connectivity index (χ2v) is 5.70. The minimum atomic E-state index is -0.524. The molecule has 114 valence electrons. The second-order valence-electron chi connectivity index (χ2n) is 5.70. The van der Waals surface area contributed by atoms with Crippen molar-refractivity contribution in [1.82, 2.24) is 4.90 Å². The summed E-state index contributed by atoms with van der Waals surface area (Å²) in [4.78, 5) is 13.9. The average molecular weight is 291 g/mol. The van der Waals surface area contributed by atoms with Crippen LogP contribution in [0.5, 0.6) is 0 Å². The summed E-state index contributed by atoms with van der Waals surface area (Å²) in [5, 5.41) is 10.2. The van der Waals surface area contributed by atoms with Gasteiger partial charge in [-0.3, -0.25) is 0 Å². The first kappa shape index (κ1) is 14.4. The molecule has 2 fully saturated rings. The van der Waals surface area contributed by atoms with E-state index in [1.54, 1.807) is 4.90 Å². The first-order valence-corrected chi connectivity index (χ1v) is 7.51. The Kier molecular flexibility index (Phi) is 4.41. The van der Waals surface area contributed by atoms with Gasteiger partial charge in [-0.25, -0.2) is 4.79 Å². The molecular formula is C16H21NO4. The minimum Gasteiger partial charge on any atom is -0.445 e. The molecule has 1 aromatic carbocycles. The van der Waals surface area contributed by atoms with Gasteiger partial charge < -0.3 is 19.5 Å². The maximum Gasteiger partial charge on any atom is 0.410 e. The zero-order valence-corrected chi connectivity index (χ0v) is 12.0. The Balaban J connectivity index is 1.52. The number of ether oxygens (including phenoxy) is 2. The Morgan fingerprint density at radius 2 is 2.19 bits per heavy atom. The van der Waals surface area contributed by atoms with Crippen molar-refractivity contribution >= 4 is 6.09 Å². The third-order valence-corrected chi connectivity index (χ3v) is 4.09. The molecule has 0 saturated carbocycles. The van der Waals surface area contributed by atoms with E-state index in [1.807, 2.05) is 30.3 Å². The molecule has 5 nitrogen and oxygen atoms in total. The first-order chi connectivity index (χ1) is 10.2. The molecule has 3 atom stereocenters. The van der Waals surface area contributed by atoms with E-state index in [0.717, 1.165) is 25.0 Å². The fraction of sp³-hybridized carbons (Fsp3) is 0.562. The van der Waals surface area contributed by atoms with Gasteiger partial charge in [-0.05, 0) is 18.4 Å². The maximum atomic E-state index is 12.2. The van der Waals surface area contributed by atoms with Crippen molar-refractivity contribution < 1.29 is 19.4 Å². The number of hydrogen-bond acceptors (Lipinski definition) is 4. The van der Waals surface area contributed by atoms with Crippen LogP contribution >= 0.6 is 0 Å². The third-order valence-electron chi connectivity index (χ3n) is 4.09. The van der Waals surface area contributed by atoms with E-state index < -0.39 is 6.10 Å². The van der Waals surface area contributed by atoms with Crippen molar-refractivity contribution in [2.75, 3.05) is 13.2 Å². The van der Waals surface area contributed by atoms with Crippen LogP contribution in [0.4, 0.5) is 4.79 Å². The van der Waals surface area contributed by atoms with E-state index in [9.17, 15) is 9.90 Å². The summed E-state index contributed by atoms with van der Waals surface area (Å²) in [7, 11) is 0. The number of hydrogen-bond donors (Lipinski definition) is 1. The van der Waals surface area contributed by atoms with Gasteiger partial charge in [0.25, 0.3) is 0 Å². The van der Waals surface area contributed by atoms with Gasteiger partial charge in [0.2, 0.25) is 0 Å². The Bertz CT molecular complexity index is 474. The molecule has 2 aliphatic rings. The third kappa shape index (κ3) is 3.74. The number of benzene rings is 1. The van der Waals surface area contributed by atoms with Gasteiger partial charge in [0.05, 0.1) is 24.9 Å². The number of aliphatic hydroxyl groups is 1. The highest BCUT2D eigenvalue weighted by Gasteiger charge is 2.38. The summed E-state index contributed by atoms with van der Waals surface area (Å²) in [6.07, 6.45) is 1.65. The van der Waals surface area contributed by atoms with Crippen molar-refractivity contribution in [3.05, 3.63) is 35.9 Å². The summed E-state index contributed by atoms with van der Waals surface area (Å²) >= 11 is 0. The minimum absolute atomic E-state index is 0.141. The van der Waals surface area contributed by atoms with E-state index >= 15 is 0 Å². The fourth-order valence-electron chi connectivity index (χ4n) is 2.85. The van der Waals surface area contributed by atoms with E-state index in [4.69, 9.17) is 9.47 Å². The molecule has 0 spiro atoms. The van der Waals surface area contributed by atoms with Gasteiger partial charge in [0.15, 0.2) is 0 Å². The summed E-state index contributed by atoms with van der Waals surface area (Å²) in [5.74, 6) is 0. The Labute approximate surface area is 124 Å². The van der Waals surface area contributed by atoms with Crippen LogP contribution in [-0.4, -0.2) is 47.5 Å². The summed E-state index contributed by atoms with van der Waals surface area (Å²) in [5.41, 5.74) is 0.966. The van der Waals surface area contributed by atoms with E-state index in [2.05, 4.69) is 0 Å². The number of carbonyl (C=O) groups excluding carboxylic acids is 1. The summed E-state index contributed by atoms with van der Waals surface area (Å²) in [6.45, 7) is 1.65. The van der Waals surface area contributed by atoms with Crippen LogP contribution < -0.4 is 0 Å². The topological polar surface area (TPSA) is 62.3 Å². The molecule has 3 rings (SSSR count). The number of nitrogens with zero attached hydrogens (tertiary/aromatic N) is 1. The molecule has 2 heterocycles. The molecule has 1 N–H and O–H groups in total. The number of likely N-dealkylation sites (tertiary alicyclic amines) is 1. The Morgan fingerprint density at radius 3 is 2.90 bits per heavy atom. The van der Waals surface area contributed by atoms with Crippen LogP contribution in [-0.2, 0) is 16.1 Å². The molecule has 5 heteroatoms. The van der Waals surface area contributed by atoms with Crippen LogP contribution in [0.1, 0.15) is 24.8 Å². The molecule has 1 aromatic rings. The van der Waals surface area contributed by atoms with Crippen LogP contribution in [0.3, 0.4) is 0 Å². The number of carbonyl (C=O) groups is 1. The van der Waals surface area contributed by atoms with E-state index in [-0.39, 0.29) is 24.8 Å². The standard InChI is InChI=1S/C16H21NO4/c18-15(9-13-11-20-13)14-7-4-8-17(14)16(19)21-10-12-5-2-1-3-6-12/h1-3,5-6,13-15,18H,4,7-11H2/t13?,14-,15-/m1/s1. The highest BCUT2D eigenvalue weighted by Crippen LogP contribution is 2.26. The molecule has 0 aliphatic carbocycles. The largest absolute Gasteiger partial charge is 0.445 e. The van der Waals surface area contributed by atoms with Crippen LogP contribution in [0.2, 0.25) is 0 Å². The highest BCUT2D eigenvalue weighted by atomic mass is 16.6. The second kappa shape index (κ2) is 6.45. The number of aliphatic hydroxyl groups excluding tert-OH is 1. The zero-order chi connectivity index (χ0) is 14.7. The van der Waals surface area contributed by atoms with Crippen molar-refractivity contribution in [3.63, 3.8) is 0 Å². The molecule has 0 radical (unpaired) electrons. The summed E-state index contributed by atoms with van der Waals surface area (Å²) in [6, 6.07) is 9.47. The molecule has 1 unspecified atom stereocenters. The molecule has 2 saturated heterocycles. The van der Waals surface area contributed by atoms with Crippen LogP contribution in [0.25, 0.3) is 0 Å². The predicted octanol–water partition coefficient (Wildman–Crippen LogP) is 1.94. The molecule has 2 aliphatic heterocycles. The lowest BCUT2D eigenvalue weighted by Gasteiger charge is -2.27. The average Bonchev–Trinajstić information content (AvgIpc) is 3.18. The SMILES string of the molecule is O=C(OCc1ccccc1)N1CCC[C@@H]1[C@H](O)CC1CO1. The van der Waals surface area contributed by atoms with Crippen molar-refractivity contribution in [2.24, 2.45) is 0 Å². The maximum absolute atomic E-state index is 12.2. The van der Waals surface area contributed by atoms with Crippen molar-refractivity contribution in [2.45, 2.75) is 44.1 Å². The lowest BCUT2D eigenvalue weighted by atomic mass is 10.0. The van der Waals surface area contributed by atoms with Gasteiger partial charge in [0.1, 0.15) is 6.61 Å². The van der Waals surface area contributed by atoms with E-state index in [0.29, 0.717) is 13.0 Å². The zero-order valence-electron chi connectivity index (χ0n) is 12.0. The lowest BCUT2D eigenvalue weighted by molar-refractivity contribution is 0.0414. The normalized spacial score (nSPS) is 25.7. The molecule has 1 amide bonds. The smallest absolute Gasteiger partial charge is 0.410 e. The van der Waals surface area contributed by atoms with Gasteiger partial charge >= 0.3 is 6.09 Å². The highest BCUT2D eigenvalue weighted by molar-refractivity contribution is 5.68. The fourth-order valence-corrected chi connectivity index (χ4v) is 2.85. The molecular weight excluding hydrogens is 270 g/mol. The molecule has 0 aromatic heterocycles. The van der Waals surface area contributed by atoms with Gasteiger partial charge in [-0.15, -0.1) is 0 Å². The number of amides is 1. The van der Waals surface area contributed by atoms with Crippen molar-refractivity contribution in [1.29, 1.82) is 0 Å². The van der Waals surface area contributed by atoms with Crippen LogP contribution in [0.15, 0.2) is 30.3 Å². The molecule has 0 bridgehead atoms. The number of epoxide rings is 1. The number of rotatable bonds is 5. The van der Waals surface area contributed by atoms with Gasteiger partial charge in [-0.2, -0.15) is 0 Å². The van der Waals surface area contributed by atoms with Gasteiger partial charge in [0, 0.05) is 13.0 Å². The predicted molar refractivity (Wildman–Crippen MR) is 76.7 cm³/mol. The monoisotopic (exact) mass is 291 g/mol. The van der Waals surface area contributed by atoms with Crippen LogP contribution in [0, 0.1) is 0 Å². The first-order valence-electron chi connectivity index (χ1n) is 7.51. The summed E-state index contributed by atoms with van der Waals surface area (Å²) < 4.78 is 10.5. The quantitative estimate of drug-likeness (QED) is 0.842. The lowest BCUT2D eigenvalue weighted by Crippen LogP contribution is -2.43.